The number of ether oxygens (including phenoxy) is 14. The van der Waals surface area contributed by atoms with Gasteiger partial charge in [-0.05, 0) is 86.6 Å². The Morgan fingerprint density at radius 3 is 1.01 bits per heavy atom. The fourth-order valence-electron chi connectivity index (χ4n) is 10.7. The fourth-order valence-corrected chi connectivity index (χ4v) is 10.7. The molecule has 0 saturated carbocycles. The zero-order valence-corrected chi connectivity index (χ0v) is 47.8. The van der Waals surface area contributed by atoms with Crippen LogP contribution in [0, 0.1) is 0 Å². The fraction of sp³-hybridized carbons (Fsp3) is 0.294. The molecule has 0 spiro atoms. The molecular weight excluding hydrogens is 1140 g/mol. The van der Waals surface area contributed by atoms with E-state index in [4.69, 9.17) is 66.3 Å². The van der Waals surface area contributed by atoms with Crippen molar-refractivity contribution in [1.82, 2.24) is 0 Å². The molecule has 4 heterocycles. The maximum Gasteiger partial charge on any atom is 0.338 e. The monoisotopic (exact) mass is 1200 g/mol. The predicted octanol–water partition coefficient (Wildman–Crippen LogP) is 9.09. The molecule has 4 aliphatic rings. The molecule has 454 valence electrons. The van der Waals surface area contributed by atoms with Gasteiger partial charge in [-0.25, -0.2) is 28.8 Å². The molecular formula is C68H62O20. The molecule has 0 radical (unpaired) electrons. The SMILES string of the molecule is CO[C@H]1O[C@@H]2CO[C@H](c3ccccc3)O[C@@H]2[C@H](OC(=O)c2ccccc2)[C@H]1O[C@@H]1O[C@@H](C)[C@H](OC(=O)c2ccccc2)[C@@H](O[C@@H]2O[C@@H](C)[C@H](OC(=O)c3ccccc3)[C@@H](OC(=O)c3ccccc3)[C@H]2OC(=O)c2ccccc2)[C@H]1OC(=O)c1ccccc1. The van der Waals surface area contributed by atoms with Crippen LogP contribution in [-0.4, -0.2) is 142 Å². The molecule has 11 rings (SSSR count). The number of carbonyl (C=O) groups is 6. The highest BCUT2D eigenvalue weighted by Crippen LogP contribution is 2.41. The van der Waals surface area contributed by atoms with Crippen LogP contribution < -0.4 is 0 Å². The van der Waals surface area contributed by atoms with E-state index in [9.17, 15) is 28.8 Å². The highest BCUT2D eigenvalue weighted by atomic mass is 16.8. The molecule has 7 aromatic carbocycles. The molecule has 88 heavy (non-hydrogen) atoms. The van der Waals surface area contributed by atoms with Crippen molar-refractivity contribution in [2.45, 2.75) is 112 Å². The van der Waals surface area contributed by atoms with Crippen LogP contribution in [0.3, 0.4) is 0 Å². The number of hydrogen-bond donors (Lipinski definition) is 0. The minimum atomic E-state index is -1.88. The van der Waals surface area contributed by atoms with Gasteiger partial charge in [-0.3, -0.25) is 0 Å². The van der Waals surface area contributed by atoms with Gasteiger partial charge in [0.1, 0.15) is 18.3 Å². The topological polar surface area (TPSA) is 232 Å². The molecule has 0 unspecified atom stereocenters. The summed E-state index contributed by atoms with van der Waals surface area (Å²) in [6, 6.07) is 57.2. The Kier molecular flexibility index (Phi) is 19.5. The molecule has 20 nitrogen and oxygen atoms in total. The number of esters is 6. The first kappa shape index (κ1) is 60.7. The van der Waals surface area contributed by atoms with Crippen LogP contribution in [0.5, 0.6) is 0 Å². The minimum Gasteiger partial charge on any atom is -0.453 e. The standard InChI is InChI=1S/C68H62O20/c1-40-50(80-59(69)42-25-11-4-12-26-42)53(82-61(71)44-29-15-6-16-30-44)57(84-63(73)46-33-19-8-20-34-46)67(77-40)87-54-51(81-60(70)43-27-13-5-14-28-43)41(2)78-68(58(54)85-64(74)47-35-21-9-22-36-47)88-56-55(83-62(72)45-31-17-7-18-32-45)52-49(79-66(56)75-3)39-76-65(86-52)48-37-23-10-24-38-48/h4-38,40-41,49-58,65-68H,39H2,1-3H3/t40-,41-,49+,50-,51-,52-,53+,54+,55-,56+,57+,58+,65-,66-,67-,68-/m0/s1. The lowest BCUT2D eigenvalue weighted by molar-refractivity contribution is -0.395. The number of rotatable bonds is 18. The van der Waals surface area contributed by atoms with Crippen molar-refractivity contribution in [3.8, 4) is 0 Å². The van der Waals surface area contributed by atoms with E-state index in [0.717, 1.165) is 0 Å². The molecule has 4 aliphatic heterocycles. The van der Waals surface area contributed by atoms with Gasteiger partial charge in [0.05, 0.1) is 52.2 Å². The zero-order chi connectivity index (χ0) is 61.1. The summed E-state index contributed by atoms with van der Waals surface area (Å²) in [5.74, 6) is -5.27. The Morgan fingerprint density at radius 1 is 0.330 bits per heavy atom. The Hall–Kier alpha value is -8.96. The first-order chi connectivity index (χ1) is 42.9. The molecule has 0 amide bonds. The number of fused-ring (bicyclic) bond motifs is 1. The van der Waals surface area contributed by atoms with Gasteiger partial charge in [0.15, 0.2) is 67.9 Å². The average molecular weight is 1200 g/mol. The van der Waals surface area contributed by atoms with Gasteiger partial charge in [-0.2, -0.15) is 0 Å². The maximum atomic E-state index is 14.8. The largest absolute Gasteiger partial charge is 0.453 e. The Morgan fingerprint density at radius 2 is 0.636 bits per heavy atom. The normalized spacial score (nSPS) is 28.3. The second kappa shape index (κ2) is 28.3. The lowest BCUT2D eigenvalue weighted by Crippen LogP contribution is -2.68. The van der Waals surface area contributed by atoms with Crippen LogP contribution in [0.2, 0.25) is 0 Å². The number of hydrogen-bond acceptors (Lipinski definition) is 20. The first-order valence-electron chi connectivity index (χ1n) is 28.6. The lowest BCUT2D eigenvalue weighted by Gasteiger charge is -2.51. The van der Waals surface area contributed by atoms with E-state index in [2.05, 4.69) is 0 Å². The van der Waals surface area contributed by atoms with Crippen LogP contribution in [-0.2, 0) is 66.3 Å². The van der Waals surface area contributed by atoms with Gasteiger partial charge in [-0.15, -0.1) is 0 Å². The van der Waals surface area contributed by atoms with E-state index in [1.807, 2.05) is 30.3 Å². The second-order valence-electron chi connectivity index (χ2n) is 21.0. The van der Waals surface area contributed by atoms with Gasteiger partial charge in [0.2, 0.25) is 0 Å². The van der Waals surface area contributed by atoms with Crippen molar-refractivity contribution in [3.05, 3.63) is 251 Å². The molecule has 7 aromatic rings. The van der Waals surface area contributed by atoms with Crippen LogP contribution in [0.1, 0.15) is 87.8 Å². The van der Waals surface area contributed by atoms with Crippen LogP contribution >= 0.6 is 0 Å². The third-order valence-electron chi connectivity index (χ3n) is 15.1. The third kappa shape index (κ3) is 14.1. The molecule has 16 atom stereocenters. The number of methoxy groups -OCH3 is 1. The van der Waals surface area contributed by atoms with E-state index in [1.54, 1.807) is 128 Å². The van der Waals surface area contributed by atoms with Gasteiger partial charge in [-0.1, -0.05) is 140 Å². The summed E-state index contributed by atoms with van der Waals surface area (Å²) in [5.41, 5.74) is 1.29. The van der Waals surface area contributed by atoms with E-state index < -0.39 is 134 Å². The third-order valence-corrected chi connectivity index (χ3v) is 15.1. The summed E-state index contributed by atoms with van der Waals surface area (Å²) in [6.45, 7) is 3.03. The van der Waals surface area contributed by atoms with Crippen molar-refractivity contribution < 1.29 is 95.1 Å². The summed E-state index contributed by atoms with van der Waals surface area (Å²) in [6.07, 6.45) is -23.8. The van der Waals surface area contributed by atoms with Crippen molar-refractivity contribution in [2.24, 2.45) is 0 Å². The van der Waals surface area contributed by atoms with E-state index in [-0.39, 0.29) is 40.0 Å². The van der Waals surface area contributed by atoms with E-state index in [1.165, 1.54) is 74.7 Å². The van der Waals surface area contributed by atoms with Crippen LogP contribution in [0.25, 0.3) is 0 Å². The molecule has 0 N–H and O–H groups in total. The summed E-state index contributed by atoms with van der Waals surface area (Å²) in [5, 5.41) is 0. The first-order valence-corrected chi connectivity index (χ1v) is 28.6. The van der Waals surface area contributed by atoms with Crippen LogP contribution in [0.4, 0.5) is 0 Å². The Labute approximate surface area is 506 Å². The highest BCUT2D eigenvalue weighted by molar-refractivity contribution is 5.92. The summed E-state index contributed by atoms with van der Waals surface area (Å²) in [7, 11) is 1.35. The summed E-state index contributed by atoms with van der Waals surface area (Å²) < 4.78 is 91.0. The Bertz CT molecular complexity index is 3460. The van der Waals surface area contributed by atoms with Gasteiger partial charge >= 0.3 is 35.8 Å². The Balaban J connectivity index is 1.03. The highest BCUT2D eigenvalue weighted by Gasteiger charge is 2.60. The zero-order valence-electron chi connectivity index (χ0n) is 47.8. The van der Waals surface area contributed by atoms with E-state index >= 15 is 0 Å². The minimum absolute atomic E-state index is 0.0430. The van der Waals surface area contributed by atoms with E-state index in [0.29, 0.717) is 5.56 Å². The van der Waals surface area contributed by atoms with Crippen LogP contribution in [0.15, 0.2) is 212 Å². The van der Waals surface area contributed by atoms with Crippen molar-refractivity contribution in [3.63, 3.8) is 0 Å². The van der Waals surface area contributed by atoms with Gasteiger partial charge < -0.3 is 66.3 Å². The smallest absolute Gasteiger partial charge is 0.338 e. The molecule has 4 saturated heterocycles. The summed E-state index contributed by atoms with van der Waals surface area (Å²) in [4.78, 5) is 86.7. The molecule has 4 fully saturated rings. The lowest BCUT2D eigenvalue weighted by atomic mass is 9.95. The van der Waals surface area contributed by atoms with Crippen molar-refractivity contribution in [1.29, 1.82) is 0 Å². The quantitative estimate of drug-likeness (QED) is 0.0576. The summed E-state index contributed by atoms with van der Waals surface area (Å²) >= 11 is 0. The van der Waals surface area contributed by atoms with Gasteiger partial charge in [0.25, 0.3) is 0 Å². The van der Waals surface area contributed by atoms with Crippen molar-refractivity contribution >= 4 is 35.8 Å². The van der Waals surface area contributed by atoms with Gasteiger partial charge in [0, 0.05) is 12.7 Å². The number of benzene rings is 7. The maximum absolute atomic E-state index is 14.8. The average Bonchev–Trinajstić information content (AvgIpc) is 1.38. The molecule has 20 heteroatoms. The molecule has 0 bridgehead atoms. The molecule has 0 aromatic heterocycles. The predicted molar refractivity (Wildman–Crippen MR) is 308 cm³/mol. The van der Waals surface area contributed by atoms with Crippen molar-refractivity contribution in [2.75, 3.05) is 13.7 Å². The molecule has 0 aliphatic carbocycles. The number of carbonyl (C=O) groups excluding carboxylic acids is 6. The second-order valence-corrected chi connectivity index (χ2v) is 21.0.